The summed E-state index contributed by atoms with van der Waals surface area (Å²) in [7, 11) is 0. The molecule has 2 rings (SSSR count). The normalized spacial score (nSPS) is 11.3. The minimum absolute atomic E-state index is 0.420. The Balaban J connectivity index is 2.20. The molecule has 1 aromatic heterocycles. The van der Waals surface area contributed by atoms with Crippen LogP contribution in [0.5, 0.6) is 0 Å². The van der Waals surface area contributed by atoms with E-state index in [9.17, 15) is 0 Å². The van der Waals surface area contributed by atoms with E-state index in [2.05, 4.69) is 20.5 Å². The number of hydrogen-bond donors (Lipinski definition) is 2. The van der Waals surface area contributed by atoms with E-state index in [1.165, 1.54) is 6.33 Å². The Kier molecular flexibility index (Phi) is 2.79. The highest BCUT2D eigenvalue weighted by Gasteiger charge is 2.26. The zero-order valence-corrected chi connectivity index (χ0v) is 9.13. The molecule has 2 N–H and O–H groups in total. The van der Waals surface area contributed by atoms with Gasteiger partial charge < -0.3 is 5.32 Å². The lowest BCUT2D eigenvalue weighted by atomic mass is 10.2. The van der Waals surface area contributed by atoms with Crippen molar-refractivity contribution in [3.8, 4) is 0 Å². The Morgan fingerprint density at radius 3 is 2.53 bits per heavy atom. The number of nitrogens with zero attached hydrogens (tertiary/aromatic N) is 2. The molecule has 0 fully saturated rings. The van der Waals surface area contributed by atoms with Crippen molar-refractivity contribution < 1.29 is 0 Å². The second-order valence-electron chi connectivity index (χ2n) is 2.90. The average Bonchev–Trinajstić information content (AvgIpc) is 2.71. The summed E-state index contributed by atoms with van der Waals surface area (Å²) in [5.74, 6) is 0.420. The quantitative estimate of drug-likeness (QED) is 0.643. The van der Waals surface area contributed by atoms with Gasteiger partial charge in [-0.05, 0) is 0 Å². The summed E-state index contributed by atoms with van der Waals surface area (Å²) in [6.07, 6.45) is 1.37. The van der Waals surface area contributed by atoms with E-state index in [0.29, 0.717) is 5.95 Å². The lowest BCUT2D eigenvalue weighted by Gasteiger charge is -2.20. The molecule has 0 radical (unpaired) electrons. The summed E-state index contributed by atoms with van der Waals surface area (Å²) in [5.41, 5.74) is 0.740. The number of aromatic nitrogens is 3. The molecular formula is C9H8Cl2N4. The van der Waals surface area contributed by atoms with Gasteiger partial charge >= 0.3 is 0 Å². The van der Waals surface area contributed by atoms with Gasteiger partial charge in [-0.2, -0.15) is 10.1 Å². The first kappa shape index (κ1) is 10.3. The predicted octanol–water partition coefficient (Wildman–Crippen LogP) is 2.50. The first-order chi connectivity index (χ1) is 7.18. The molecular weight excluding hydrogens is 235 g/mol. The Labute approximate surface area is 96.6 Å². The summed E-state index contributed by atoms with van der Waals surface area (Å²) in [5, 5.41) is 9.12. The van der Waals surface area contributed by atoms with Gasteiger partial charge in [0.2, 0.25) is 10.4 Å². The van der Waals surface area contributed by atoms with Crippen LogP contribution in [0.2, 0.25) is 0 Å². The van der Waals surface area contributed by atoms with Crippen LogP contribution in [0.4, 0.5) is 5.95 Å². The molecule has 0 saturated heterocycles. The van der Waals surface area contributed by atoms with Crippen molar-refractivity contribution >= 4 is 29.2 Å². The van der Waals surface area contributed by atoms with Gasteiger partial charge in [-0.3, -0.25) is 0 Å². The van der Waals surface area contributed by atoms with Gasteiger partial charge in [-0.15, -0.1) is 0 Å². The highest BCUT2D eigenvalue weighted by molar-refractivity contribution is 6.49. The lowest BCUT2D eigenvalue weighted by molar-refractivity contribution is 0.952. The Bertz CT molecular complexity index is 413. The van der Waals surface area contributed by atoms with Crippen LogP contribution in [0.1, 0.15) is 5.56 Å². The maximum absolute atomic E-state index is 6.12. The van der Waals surface area contributed by atoms with Gasteiger partial charge in [0.1, 0.15) is 6.33 Å². The lowest BCUT2D eigenvalue weighted by Crippen LogP contribution is -2.22. The molecule has 0 saturated carbocycles. The first-order valence-electron chi connectivity index (χ1n) is 4.25. The van der Waals surface area contributed by atoms with E-state index in [1.807, 2.05) is 30.3 Å². The fraction of sp³-hybridized carbons (Fsp3) is 0.111. The highest BCUT2D eigenvalue weighted by atomic mass is 35.5. The smallest absolute Gasteiger partial charge is 0.220 e. The summed E-state index contributed by atoms with van der Waals surface area (Å²) in [6, 6.07) is 9.25. The number of aromatic amines is 1. The first-order valence-corrected chi connectivity index (χ1v) is 5.01. The minimum atomic E-state index is -1.22. The van der Waals surface area contributed by atoms with Crippen LogP contribution in [-0.4, -0.2) is 15.2 Å². The molecule has 6 heteroatoms. The number of H-pyrrole nitrogens is 1. The molecule has 0 unspecified atom stereocenters. The number of benzene rings is 1. The standard InChI is InChI=1S/C9H8Cl2N4/c10-9(11,7-4-2-1-3-5-7)14-8-12-6-13-15-8/h1-6H,(H2,12,13,14,15). The maximum Gasteiger partial charge on any atom is 0.220 e. The van der Waals surface area contributed by atoms with Gasteiger partial charge in [0.05, 0.1) is 0 Å². The summed E-state index contributed by atoms with van der Waals surface area (Å²) in [6.45, 7) is 0. The van der Waals surface area contributed by atoms with E-state index in [4.69, 9.17) is 23.2 Å². The molecule has 2 aromatic rings. The van der Waals surface area contributed by atoms with Crippen LogP contribution in [0, 0.1) is 0 Å². The highest BCUT2D eigenvalue weighted by Crippen LogP contribution is 2.33. The van der Waals surface area contributed by atoms with Gasteiger partial charge in [0.25, 0.3) is 0 Å². The summed E-state index contributed by atoms with van der Waals surface area (Å²) >= 11 is 12.2. The zero-order chi connectivity index (χ0) is 10.7. The molecule has 0 spiro atoms. The summed E-state index contributed by atoms with van der Waals surface area (Å²) < 4.78 is -1.22. The molecule has 0 aliphatic carbocycles. The third-order valence-electron chi connectivity index (χ3n) is 1.83. The molecule has 15 heavy (non-hydrogen) atoms. The van der Waals surface area contributed by atoms with Crippen molar-refractivity contribution in [1.29, 1.82) is 0 Å². The van der Waals surface area contributed by atoms with E-state index < -0.39 is 4.46 Å². The third-order valence-corrected chi connectivity index (χ3v) is 2.45. The van der Waals surface area contributed by atoms with Gasteiger partial charge in [-0.25, -0.2) is 5.10 Å². The number of hydrogen-bond acceptors (Lipinski definition) is 3. The van der Waals surface area contributed by atoms with Gasteiger partial charge in [0, 0.05) is 5.56 Å². The van der Waals surface area contributed by atoms with Crippen molar-refractivity contribution in [1.82, 2.24) is 15.2 Å². The van der Waals surface area contributed by atoms with Crippen molar-refractivity contribution in [3.05, 3.63) is 42.2 Å². The molecule has 0 atom stereocenters. The van der Waals surface area contributed by atoms with E-state index in [-0.39, 0.29) is 0 Å². The zero-order valence-electron chi connectivity index (χ0n) is 7.61. The Morgan fingerprint density at radius 1 is 1.20 bits per heavy atom. The van der Waals surface area contributed by atoms with Crippen LogP contribution in [0.15, 0.2) is 36.7 Å². The molecule has 1 aromatic carbocycles. The van der Waals surface area contributed by atoms with Gasteiger partial charge in [-0.1, -0.05) is 53.5 Å². The molecule has 4 nitrogen and oxygen atoms in total. The molecule has 0 bridgehead atoms. The topological polar surface area (TPSA) is 53.6 Å². The number of nitrogens with one attached hydrogen (secondary N) is 2. The Morgan fingerprint density at radius 2 is 1.93 bits per heavy atom. The molecule has 1 heterocycles. The van der Waals surface area contributed by atoms with E-state index >= 15 is 0 Å². The molecule has 0 aliphatic rings. The fourth-order valence-corrected chi connectivity index (χ4v) is 1.57. The number of alkyl halides is 2. The van der Waals surface area contributed by atoms with Crippen LogP contribution in [-0.2, 0) is 4.46 Å². The largest absolute Gasteiger partial charge is 0.320 e. The number of anilines is 1. The maximum atomic E-state index is 6.12. The molecule has 0 amide bonds. The third kappa shape index (κ3) is 2.40. The fourth-order valence-electron chi connectivity index (χ4n) is 1.13. The van der Waals surface area contributed by atoms with E-state index in [1.54, 1.807) is 0 Å². The average molecular weight is 243 g/mol. The van der Waals surface area contributed by atoms with Crippen LogP contribution >= 0.6 is 23.2 Å². The SMILES string of the molecule is ClC(Cl)(Nc1ncn[nH]1)c1ccccc1. The van der Waals surface area contributed by atoms with Crippen molar-refractivity contribution in [2.45, 2.75) is 4.46 Å². The van der Waals surface area contributed by atoms with Gasteiger partial charge in [0.15, 0.2) is 0 Å². The van der Waals surface area contributed by atoms with Crippen LogP contribution < -0.4 is 5.32 Å². The van der Waals surface area contributed by atoms with Crippen molar-refractivity contribution in [2.75, 3.05) is 5.32 Å². The monoisotopic (exact) mass is 242 g/mol. The Hall–Kier alpha value is -1.26. The minimum Gasteiger partial charge on any atom is -0.320 e. The molecule has 0 aliphatic heterocycles. The second kappa shape index (κ2) is 4.08. The van der Waals surface area contributed by atoms with Crippen LogP contribution in [0.25, 0.3) is 0 Å². The van der Waals surface area contributed by atoms with Crippen molar-refractivity contribution in [2.24, 2.45) is 0 Å². The van der Waals surface area contributed by atoms with Crippen molar-refractivity contribution in [3.63, 3.8) is 0 Å². The van der Waals surface area contributed by atoms with E-state index in [0.717, 1.165) is 5.56 Å². The van der Waals surface area contributed by atoms with Crippen LogP contribution in [0.3, 0.4) is 0 Å². The molecule has 78 valence electrons. The summed E-state index contributed by atoms with van der Waals surface area (Å²) in [4.78, 5) is 3.88. The number of halogens is 2. The number of rotatable bonds is 3. The predicted molar refractivity (Wildman–Crippen MR) is 59.8 cm³/mol. The second-order valence-corrected chi connectivity index (χ2v) is 4.23.